The molecule has 2 fully saturated rings. The van der Waals surface area contributed by atoms with Crippen LogP contribution in [0.2, 0.25) is 0 Å². The van der Waals surface area contributed by atoms with Crippen molar-refractivity contribution >= 4 is 23.3 Å². The summed E-state index contributed by atoms with van der Waals surface area (Å²) in [7, 11) is 1.66. The lowest BCUT2D eigenvalue weighted by molar-refractivity contribution is -0.132. The first-order chi connectivity index (χ1) is 13.2. The highest BCUT2D eigenvalue weighted by molar-refractivity contribution is 7.13. The van der Waals surface area contributed by atoms with Crippen LogP contribution >= 0.6 is 11.3 Å². The molecule has 2 heterocycles. The van der Waals surface area contributed by atoms with Crippen molar-refractivity contribution in [2.75, 3.05) is 13.7 Å². The third-order valence-corrected chi connectivity index (χ3v) is 6.69. The monoisotopic (exact) mass is 382 g/mol. The average molecular weight is 383 g/mol. The van der Waals surface area contributed by atoms with Crippen LogP contribution in [0.15, 0.2) is 35.7 Å². The predicted molar refractivity (Wildman–Crippen MR) is 110 cm³/mol. The molecule has 1 saturated heterocycles. The molecule has 4 rings (SSSR count). The number of likely N-dealkylation sites (tertiary alicyclic amines) is 1. The van der Waals surface area contributed by atoms with E-state index < -0.39 is 0 Å². The number of piperidine rings is 1. The summed E-state index contributed by atoms with van der Waals surface area (Å²) in [5.74, 6) is 1.69. The van der Waals surface area contributed by atoms with Crippen molar-refractivity contribution in [1.29, 1.82) is 0 Å². The lowest BCUT2D eigenvalue weighted by atomic mass is 9.78. The fraction of sp³-hybridized carbons (Fsp3) is 0.455. The molecule has 2 atom stereocenters. The number of methoxy groups -OCH3 is 1. The molecule has 2 aromatic rings. The molecule has 1 aliphatic heterocycles. The van der Waals surface area contributed by atoms with E-state index >= 15 is 0 Å². The standard InChI is InChI=1S/C22H26N2O2S/c1-26-19-11-8-17(9-12-19)22-23-18(15-27-22)10-13-21(25)24-14-4-6-16-5-2-3-7-20(16)24/h8-13,15-16,20H,2-7,14H2,1H3/b13-10+. The van der Waals surface area contributed by atoms with E-state index in [4.69, 9.17) is 4.74 Å². The number of amides is 1. The Balaban J connectivity index is 1.43. The molecule has 0 N–H and O–H groups in total. The minimum Gasteiger partial charge on any atom is -0.497 e. The van der Waals surface area contributed by atoms with Gasteiger partial charge in [-0.05, 0) is 61.9 Å². The van der Waals surface area contributed by atoms with Crippen LogP contribution in [0.1, 0.15) is 44.2 Å². The number of hydrogen-bond donors (Lipinski definition) is 0. The molecule has 2 unspecified atom stereocenters. The number of carbonyl (C=O) groups is 1. The molecule has 1 aliphatic carbocycles. The zero-order valence-electron chi connectivity index (χ0n) is 15.8. The fourth-order valence-electron chi connectivity index (χ4n) is 4.38. The molecule has 0 spiro atoms. The van der Waals surface area contributed by atoms with Gasteiger partial charge in [0.2, 0.25) is 5.91 Å². The molecule has 1 saturated carbocycles. The first kappa shape index (κ1) is 18.2. The minimum atomic E-state index is 0.144. The van der Waals surface area contributed by atoms with Crippen molar-refractivity contribution in [2.45, 2.75) is 44.6 Å². The molecule has 142 valence electrons. The molecular formula is C22H26N2O2S. The van der Waals surface area contributed by atoms with Crippen molar-refractivity contribution in [3.8, 4) is 16.3 Å². The normalized spacial score (nSPS) is 22.6. The van der Waals surface area contributed by atoms with Gasteiger partial charge in [-0.25, -0.2) is 4.98 Å². The second kappa shape index (κ2) is 8.26. The zero-order valence-corrected chi connectivity index (χ0v) is 16.6. The fourth-order valence-corrected chi connectivity index (χ4v) is 5.17. The third kappa shape index (κ3) is 4.08. The summed E-state index contributed by atoms with van der Waals surface area (Å²) in [6.45, 7) is 0.901. The SMILES string of the molecule is COc1ccc(-c2nc(/C=C/C(=O)N3CCCC4CCCCC43)cs2)cc1. The van der Waals surface area contributed by atoms with E-state index in [-0.39, 0.29) is 5.91 Å². The molecule has 5 heteroatoms. The van der Waals surface area contributed by atoms with E-state index in [0.29, 0.717) is 12.0 Å². The van der Waals surface area contributed by atoms with Crippen molar-refractivity contribution in [3.63, 3.8) is 0 Å². The van der Waals surface area contributed by atoms with Crippen molar-refractivity contribution in [3.05, 3.63) is 41.4 Å². The van der Waals surface area contributed by atoms with Gasteiger partial charge in [0, 0.05) is 29.6 Å². The molecule has 0 radical (unpaired) electrons. The van der Waals surface area contributed by atoms with Crippen LogP contribution in [-0.4, -0.2) is 35.5 Å². The minimum absolute atomic E-state index is 0.144. The number of rotatable bonds is 4. The maximum atomic E-state index is 12.8. The van der Waals surface area contributed by atoms with E-state index in [1.54, 1.807) is 24.5 Å². The highest BCUT2D eigenvalue weighted by Gasteiger charge is 2.34. The van der Waals surface area contributed by atoms with Crippen molar-refractivity contribution < 1.29 is 9.53 Å². The van der Waals surface area contributed by atoms with Gasteiger partial charge >= 0.3 is 0 Å². The lowest BCUT2D eigenvalue weighted by Crippen LogP contribution is -2.49. The molecule has 1 aromatic heterocycles. The van der Waals surface area contributed by atoms with Crippen molar-refractivity contribution in [2.24, 2.45) is 5.92 Å². The molecule has 1 amide bonds. The van der Waals surface area contributed by atoms with E-state index in [1.165, 1.54) is 32.1 Å². The first-order valence-electron chi connectivity index (χ1n) is 9.83. The molecule has 1 aromatic carbocycles. The van der Waals surface area contributed by atoms with E-state index in [0.717, 1.165) is 35.0 Å². The number of hydrogen-bond acceptors (Lipinski definition) is 4. The van der Waals surface area contributed by atoms with E-state index in [9.17, 15) is 4.79 Å². The van der Waals surface area contributed by atoms with Gasteiger partial charge in [-0.2, -0.15) is 0 Å². The van der Waals surface area contributed by atoms with Crippen LogP contribution in [0, 0.1) is 5.92 Å². The summed E-state index contributed by atoms with van der Waals surface area (Å²) in [5, 5.41) is 2.96. The summed E-state index contributed by atoms with van der Waals surface area (Å²) >= 11 is 1.59. The largest absolute Gasteiger partial charge is 0.497 e. The number of ether oxygens (including phenoxy) is 1. The van der Waals surface area contributed by atoms with Crippen LogP contribution in [-0.2, 0) is 4.79 Å². The molecule has 2 aliphatic rings. The molecule has 0 bridgehead atoms. The zero-order chi connectivity index (χ0) is 18.6. The summed E-state index contributed by atoms with van der Waals surface area (Å²) in [4.78, 5) is 19.5. The predicted octanol–water partition coefficient (Wildman–Crippen LogP) is 5.01. The van der Waals surface area contributed by atoms with Gasteiger partial charge in [0.05, 0.1) is 12.8 Å². The Kier molecular flexibility index (Phi) is 5.58. The van der Waals surface area contributed by atoms with E-state index in [2.05, 4.69) is 9.88 Å². The lowest BCUT2D eigenvalue weighted by Gasteiger charge is -2.43. The van der Waals surface area contributed by atoms with Crippen LogP contribution in [0.5, 0.6) is 5.75 Å². The Hall–Kier alpha value is -2.14. The smallest absolute Gasteiger partial charge is 0.246 e. The number of thiazole rings is 1. The second-order valence-electron chi connectivity index (χ2n) is 7.43. The quantitative estimate of drug-likeness (QED) is 0.698. The van der Waals surface area contributed by atoms with Gasteiger partial charge in [-0.1, -0.05) is 12.8 Å². The molecule has 27 heavy (non-hydrogen) atoms. The Labute approximate surface area is 164 Å². The van der Waals surface area contributed by atoms with Gasteiger partial charge in [-0.3, -0.25) is 4.79 Å². The summed E-state index contributed by atoms with van der Waals surface area (Å²) < 4.78 is 5.20. The molecular weight excluding hydrogens is 356 g/mol. The Morgan fingerprint density at radius 1 is 1.19 bits per heavy atom. The molecule has 4 nitrogen and oxygen atoms in total. The maximum Gasteiger partial charge on any atom is 0.246 e. The van der Waals surface area contributed by atoms with Crippen LogP contribution in [0.25, 0.3) is 16.6 Å². The van der Waals surface area contributed by atoms with E-state index in [1.807, 2.05) is 35.7 Å². The van der Waals surface area contributed by atoms with Gasteiger partial charge in [0.1, 0.15) is 10.8 Å². The third-order valence-electron chi connectivity index (χ3n) is 5.78. The highest BCUT2D eigenvalue weighted by atomic mass is 32.1. The van der Waals surface area contributed by atoms with Gasteiger partial charge in [0.25, 0.3) is 0 Å². The second-order valence-corrected chi connectivity index (χ2v) is 8.28. The number of fused-ring (bicyclic) bond motifs is 1. The maximum absolute atomic E-state index is 12.8. The highest BCUT2D eigenvalue weighted by Crippen LogP contribution is 2.35. The Morgan fingerprint density at radius 2 is 1.96 bits per heavy atom. The van der Waals surface area contributed by atoms with Crippen LogP contribution in [0.4, 0.5) is 0 Å². The Bertz CT molecular complexity index is 810. The Morgan fingerprint density at radius 3 is 2.78 bits per heavy atom. The van der Waals surface area contributed by atoms with Crippen LogP contribution < -0.4 is 4.74 Å². The first-order valence-corrected chi connectivity index (χ1v) is 10.7. The summed E-state index contributed by atoms with van der Waals surface area (Å²) in [6.07, 6.45) is 11.0. The topological polar surface area (TPSA) is 42.4 Å². The van der Waals surface area contributed by atoms with Gasteiger partial charge in [0.15, 0.2) is 0 Å². The number of benzene rings is 1. The number of aromatic nitrogens is 1. The summed E-state index contributed by atoms with van der Waals surface area (Å²) in [6, 6.07) is 8.34. The average Bonchev–Trinajstić information content (AvgIpc) is 3.20. The number of carbonyl (C=O) groups excluding carboxylic acids is 1. The van der Waals surface area contributed by atoms with Gasteiger partial charge < -0.3 is 9.64 Å². The van der Waals surface area contributed by atoms with Crippen molar-refractivity contribution in [1.82, 2.24) is 9.88 Å². The van der Waals surface area contributed by atoms with Crippen LogP contribution in [0.3, 0.4) is 0 Å². The number of nitrogens with zero attached hydrogens (tertiary/aromatic N) is 2. The summed E-state index contributed by atoms with van der Waals surface area (Å²) in [5.41, 5.74) is 1.91. The van der Waals surface area contributed by atoms with Gasteiger partial charge in [-0.15, -0.1) is 11.3 Å².